The van der Waals surface area contributed by atoms with Crippen molar-refractivity contribution < 1.29 is 14.3 Å². The molecule has 1 aliphatic heterocycles. The molecule has 0 saturated carbocycles. The molecule has 0 spiro atoms. The molecule has 0 fully saturated rings. The smallest absolute Gasteiger partial charge is 0.343 e. The number of methoxy groups -OCH3 is 1. The molecule has 0 amide bonds. The van der Waals surface area contributed by atoms with Crippen LogP contribution in [0.1, 0.15) is 6.92 Å². The van der Waals surface area contributed by atoms with Crippen molar-refractivity contribution in [2.24, 2.45) is 0 Å². The number of carbonyl (C=O) groups excluding carboxylic acids is 2. The van der Waals surface area contributed by atoms with Crippen molar-refractivity contribution in [3.63, 3.8) is 0 Å². The van der Waals surface area contributed by atoms with Crippen LogP contribution < -0.4 is 4.90 Å². The second-order valence-corrected chi connectivity index (χ2v) is 3.80. The number of nitrogens with zero attached hydrogens (tertiary/aromatic N) is 1. The van der Waals surface area contributed by atoms with Crippen LogP contribution in [0.4, 0.5) is 5.69 Å². The van der Waals surface area contributed by atoms with E-state index in [4.69, 9.17) is 0 Å². The fourth-order valence-electron chi connectivity index (χ4n) is 1.93. The Hall–Kier alpha value is -2.10. The standard InChI is InChI=1S/C13H13NO3/c1-9-12(13(16)17-2)11(15)8-14(9)10-6-4-3-5-7-10/h3-7H,8H2,1-2H3. The molecule has 0 saturated heterocycles. The number of ketones is 1. The first-order valence-corrected chi connectivity index (χ1v) is 5.30. The lowest BCUT2D eigenvalue weighted by Crippen LogP contribution is -2.20. The highest BCUT2D eigenvalue weighted by Crippen LogP contribution is 2.27. The summed E-state index contributed by atoms with van der Waals surface area (Å²) in [5, 5.41) is 0. The zero-order chi connectivity index (χ0) is 12.4. The van der Waals surface area contributed by atoms with Crippen LogP contribution in [-0.2, 0) is 14.3 Å². The summed E-state index contributed by atoms with van der Waals surface area (Å²) in [4.78, 5) is 25.1. The number of hydrogen-bond acceptors (Lipinski definition) is 4. The average Bonchev–Trinajstić information content (AvgIpc) is 2.65. The van der Waals surface area contributed by atoms with Crippen LogP contribution in [0.25, 0.3) is 0 Å². The highest BCUT2D eigenvalue weighted by molar-refractivity contribution is 6.22. The van der Waals surface area contributed by atoms with Crippen LogP contribution in [0.5, 0.6) is 0 Å². The summed E-state index contributed by atoms with van der Waals surface area (Å²) in [5.74, 6) is -0.760. The quantitative estimate of drug-likeness (QED) is 0.572. The molecule has 88 valence electrons. The molecule has 0 aromatic heterocycles. The Morgan fingerprint density at radius 2 is 1.94 bits per heavy atom. The normalized spacial score (nSPS) is 15.4. The lowest BCUT2D eigenvalue weighted by Gasteiger charge is -2.18. The molecule has 1 heterocycles. The van der Waals surface area contributed by atoms with Crippen LogP contribution in [0.15, 0.2) is 41.6 Å². The molecule has 4 heteroatoms. The topological polar surface area (TPSA) is 46.6 Å². The molecule has 0 unspecified atom stereocenters. The van der Waals surface area contributed by atoms with E-state index in [2.05, 4.69) is 4.74 Å². The first kappa shape index (κ1) is 11.4. The van der Waals surface area contributed by atoms with Crippen LogP contribution in [0, 0.1) is 0 Å². The molecule has 1 aromatic rings. The van der Waals surface area contributed by atoms with Gasteiger partial charge in [-0.1, -0.05) is 18.2 Å². The molecular formula is C13H13NO3. The van der Waals surface area contributed by atoms with Crippen LogP contribution in [0.3, 0.4) is 0 Å². The maximum absolute atomic E-state index is 11.8. The van der Waals surface area contributed by atoms with Gasteiger partial charge in [-0.2, -0.15) is 0 Å². The largest absolute Gasteiger partial charge is 0.465 e. The molecule has 0 aliphatic carbocycles. The molecule has 0 atom stereocenters. The highest BCUT2D eigenvalue weighted by Gasteiger charge is 2.33. The fourth-order valence-corrected chi connectivity index (χ4v) is 1.93. The van der Waals surface area contributed by atoms with Gasteiger partial charge in [0.1, 0.15) is 5.57 Å². The molecule has 1 aliphatic rings. The Labute approximate surface area is 99.5 Å². The van der Waals surface area contributed by atoms with Crippen molar-refractivity contribution in [3.05, 3.63) is 41.6 Å². The van der Waals surface area contributed by atoms with Crippen LogP contribution in [-0.4, -0.2) is 25.4 Å². The molecule has 4 nitrogen and oxygen atoms in total. The Morgan fingerprint density at radius 1 is 1.29 bits per heavy atom. The third-order valence-corrected chi connectivity index (χ3v) is 2.80. The molecule has 0 bridgehead atoms. The third-order valence-electron chi connectivity index (χ3n) is 2.80. The second-order valence-electron chi connectivity index (χ2n) is 3.80. The monoisotopic (exact) mass is 231 g/mol. The Bertz CT molecular complexity index is 491. The minimum Gasteiger partial charge on any atom is -0.465 e. The number of anilines is 1. The predicted molar refractivity (Wildman–Crippen MR) is 63.5 cm³/mol. The van der Waals surface area contributed by atoms with Crippen molar-refractivity contribution in [1.29, 1.82) is 0 Å². The van der Waals surface area contributed by atoms with Crippen molar-refractivity contribution in [2.45, 2.75) is 6.92 Å². The lowest BCUT2D eigenvalue weighted by atomic mass is 10.2. The summed E-state index contributed by atoms with van der Waals surface area (Å²) in [6.07, 6.45) is 0. The molecular weight excluding hydrogens is 218 g/mol. The number of carbonyl (C=O) groups is 2. The number of para-hydroxylation sites is 1. The van der Waals surface area contributed by atoms with Crippen molar-refractivity contribution in [2.75, 3.05) is 18.6 Å². The SMILES string of the molecule is COC(=O)C1=C(C)N(c2ccccc2)CC1=O. The van der Waals surface area contributed by atoms with E-state index in [9.17, 15) is 9.59 Å². The van der Waals surface area contributed by atoms with Gasteiger partial charge in [-0.15, -0.1) is 0 Å². The minimum absolute atomic E-state index is 0.149. The van der Waals surface area contributed by atoms with E-state index in [1.165, 1.54) is 7.11 Å². The van der Waals surface area contributed by atoms with Crippen molar-refractivity contribution in [3.8, 4) is 0 Å². The zero-order valence-corrected chi connectivity index (χ0v) is 9.77. The van der Waals surface area contributed by atoms with Crippen LogP contribution in [0.2, 0.25) is 0 Å². The number of Topliss-reactive ketones (excluding diaryl/α,β-unsaturated/α-hetero) is 1. The summed E-state index contributed by atoms with van der Waals surface area (Å²) < 4.78 is 4.61. The summed E-state index contributed by atoms with van der Waals surface area (Å²) in [6, 6.07) is 9.49. The Morgan fingerprint density at radius 3 is 2.53 bits per heavy atom. The number of rotatable bonds is 2. The van der Waals surface area contributed by atoms with E-state index in [-0.39, 0.29) is 17.9 Å². The third kappa shape index (κ3) is 1.93. The number of esters is 1. The van der Waals surface area contributed by atoms with Gasteiger partial charge in [-0.25, -0.2) is 4.79 Å². The first-order chi connectivity index (χ1) is 8.15. The van der Waals surface area contributed by atoms with E-state index in [1.807, 2.05) is 35.2 Å². The molecule has 0 radical (unpaired) electrons. The summed E-state index contributed by atoms with van der Waals surface area (Å²) in [5.41, 5.74) is 1.70. The van der Waals surface area contributed by atoms with Gasteiger partial charge in [-0.05, 0) is 19.1 Å². The Kier molecular flexibility index (Phi) is 2.95. The van der Waals surface area contributed by atoms with Crippen molar-refractivity contribution in [1.82, 2.24) is 0 Å². The second kappa shape index (κ2) is 4.41. The number of benzene rings is 1. The van der Waals surface area contributed by atoms with Crippen LogP contribution >= 0.6 is 0 Å². The average molecular weight is 231 g/mol. The van der Waals surface area contributed by atoms with Gasteiger partial charge in [0.2, 0.25) is 0 Å². The zero-order valence-electron chi connectivity index (χ0n) is 9.77. The molecule has 2 rings (SSSR count). The van der Waals surface area contributed by atoms with Gasteiger partial charge in [0.15, 0.2) is 5.78 Å². The van der Waals surface area contributed by atoms with Gasteiger partial charge >= 0.3 is 5.97 Å². The maximum atomic E-state index is 11.8. The molecule has 1 aromatic carbocycles. The molecule has 17 heavy (non-hydrogen) atoms. The summed E-state index contributed by atoms with van der Waals surface area (Å²) >= 11 is 0. The number of ether oxygens (including phenoxy) is 1. The molecule has 0 N–H and O–H groups in total. The predicted octanol–water partition coefficient (Wildman–Crippen LogP) is 1.52. The minimum atomic E-state index is -0.564. The van der Waals surface area contributed by atoms with E-state index in [0.29, 0.717) is 5.70 Å². The Balaban J connectivity index is 2.39. The van der Waals surface area contributed by atoms with Gasteiger partial charge < -0.3 is 9.64 Å². The van der Waals surface area contributed by atoms with Gasteiger partial charge in [0.05, 0.1) is 13.7 Å². The van der Waals surface area contributed by atoms with Gasteiger partial charge in [0, 0.05) is 11.4 Å². The van der Waals surface area contributed by atoms with E-state index in [1.54, 1.807) is 6.92 Å². The maximum Gasteiger partial charge on any atom is 0.343 e. The van der Waals surface area contributed by atoms with E-state index >= 15 is 0 Å². The van der Waals surface area contributed by atoms with Crippen molar-refractivity contribution >= 4 is 17.4 Å². The number of hydrogen-bond donors (Lipinski definition) is 0. The van der Waals surface area contributed by atoms with Gasteiger partial charge in [-0.3, -0.25) is 4.79 Å². The van der Waals surface area contributed by atoms with E-state index < -0.39 is 5.97 Å². The fraction of sp³-hybridized carbons (Fsp3) is 0.231. The number of allylic oxidation sites excluding steroid dienone is 1. The highest BCUT2D eigenvalue weighted by atomic mass is 16.5. The van der Waals surface area contributed by atoms with E-state index in [0.717, 1.165) is 5.69 Å². The summed E-state index contributed by atoms with van der Waals surface area (Å²) in [7, 11) is 1.28. The lowest BCUT2D eigenvalue weighted by molar-refractivity contribution is -0.137. The van der Waals surface area contributed by atoms with Gasteiger partial charge in [0.25, 0.3) is 0 Å². The first-order valence-electron chi connectivity index (χ1n) is 5.30. The summed E-state index contributed by atoms with van der Waals surface area (Å²) in [6.45, 7) is 1.95.